The zero-order valence-electron chi connectivity index (χ0n) is 22.6. The summed E-state index contributed by atoms with van der Waals surface area (Å²) >= 11 is 0. The summed E-state index contributed by atoms with van der Waals surface area (Å²) in [5.41, 5.74) is 5.30. The second-order valence-corrected chi connectivity index (χ2v) is 13.1. The second kappa shape index (κ2) is 8.42. The molecule has 2 heteroatoms. The van der Waals surface area contributed by atoms with Crippen molar-refractivity contribution in [3.8, 4) is 0 Å². The molecule has 0 amide bonds. The third kappa shape index (κ3) is 3.52. The average Bonchev–Trinajstić information content (AvgIpc) is 3.11. The third-order valence-corrected chi connectivity index (χ3v) is 11.5. The van der Waals surface area contributed by atoms with Crippen molar-refractivity contribution in [2.24, 2.45) is 39.4 Å². The molecule has 3 saturated carbocycles. The van der Waals surface area contributed by atoms with Gasteiger partial charge in [0.25, 0.3) is 0 Å². The van der Waals surface area contributed by atoms with Crippen molar-refractivity contribution in [3.05, 3.63) is 34.9 Å². The molecule has 0 saturated heterocycles. The molecule has 0 spiro atoms. The number of rotatable bonds is 4. The first kappa shape index (κ1) is 24.8. The van der Waals surface area contributed by atoms with Crippen LogP contribution in [0.25, 0.3) is 0 Å². The summed E-state index contributed by atoms with van der Waals surface area (Å²) in [4.78, 5) is 12.9. The van der Waals surface area contributed by atoms with Gasteiger partial charge in [0.05, 0.1) is 12.5 Å². The zero-order valence-corrected chi connectivity index (χ0v) is 22.6. The summed E-state index contributed by atoms with van der Waals surface area (Å²) < 4.78 is 5.32. The lowest BCUT2D eigenvalue weighted by atomic mass is 9.36. The summed E-state index contributed by atoms with van der Waals surface area (Å²) in [6.45, 7) is 16.8. The molecule has 4 aliphatic rings. The summed E-state index contributed by atoms with van der Waals surface area (Å²) in [7, 11) is 1.55. The minimum absolute atomic E-state index is 0.0451. The Bertz CT molecular complexity index is 889. The predicted molar refractivity (Wildman–Crippen MR) is 138 cm³/mol. The Morgan fingerprint density at radius 3 is 2.42 bits per heavy atom. The lowest BCUT2D eigenvalue weighted by Gasteiger charge is -2.68. The standard InChI is InChI=1S/C31H48O2/c1-21(2)11-9-12-22(3)23-15-19-30(6)24(23)13-14-26-28(4)17-10-18-29(5,27(32)33-8)25(28)16-20-31(26,30)7/h10-11,18,24-26H,9,12-17,19-20H2,1-8H3/t24?,25?,26?,28-,29-,30-,31-/m0/s1. The van der Waals surface area contributed by atoms with Gasteiger partial charge in [-0.1, -0.05) is 55.7 Å². The second-order valence-electron chi connectivity index (χ2n) is 13.1. The van der Waals surface area contributed by atoms with Gasteiger partial charge in [-0.2, -0.15) is 0 Å². The van der Waals surface area contributed by atoms with Crippen molar-refractivity contribution in [2.75, 3.05) is 7.11 Å². The van der Waals surface area contributed by atoms with E-state index in [1.54, 1.807) is 18.3 Å². The minimum atomic E-state index is -0.483. The molecule has 0 radical (unpaired) electrons. The molecule has 4 aliphatic carbocycles. The average molecular weight is 453 g/mol. The Balaban J connectivity index is 1.66. The minimum Gasteiger partial charge on any atom is -0.468 e. The Kier molecular flexibility index (Phi) is 6.33. The van der Waals surface area contributed by atoms with Crippen LogP contribution in [0.5, 0.6) is 0 Å². The summed E-state index contributed by atoms with van der Waals surface area (Å²) in [5, 5.41) is 0. The maximum absolute atomic E-state index is 12.9. The highest BCUT2D eigenvalue weighted by atomic mass is 16.5. The molecule has 3 fully saturated rings. The van der Waals surface area contributed by atoms with Gasteiger partial charge in [0, 0.05) is 0 Å². The van der Waals surface area contributed by atoms with E-state index in [1.807, 2.05) is 0 Å². The van der Waals surface area contributed by atoms with Crippen molar-refractivity contribution in [2.45, 2.75) is 106 Å². The van der Waals surface area contributed by atoms with E-state index in [0.29, 0.717) is 22.7 Å². The van der Waals surface area contributed by atoms with Crippen molar-refractivity contribution in [1.82, 2.24) is 0 Å². The fourth-order valence-electron chi connectivity index (χ4n) is 9.51. The lowest BCUT2D eigenvalue weighted by molar-refractivity contribution is -0.192. The van der Waals surface area contributed by atoms with E-state index in [9.17, 15) is 4.79 Å². The number of methoxy groups -OCH3 is 1. The number of carbonyl (C=O) groups is 1. The number of allylic oxidation sites excluding steroid dienone is 5. The molecular weight excluding hydrogens is 404 g/mol. The molecule has 0 aromatic heterocycles. The molecule has 0 heterocycles. The highest BCUT2D eigenvalue weighted by Crippen LogP contribution is 2.74. The van der Waals surface area contributed by atoms with Gasteiger partial charge in [0.1, 0.15) is 0 Å². The summed E-state index contributed by atoms with van der Waals surface area (Å²) in [5.74, 6) is 1.75. The quantitative estimate of drug-likeness (QED) is 0.316. The van der Waals surface area contributed by atoms with Gasteiger partial charge in [-0.15, -0.1) is 0 Å². The van der Waals surface area contributed by atoms with Crippen LogP contribution in [0.15, 0.2) is 34.9 Å². The summed E-state index contributed by atoms with van der Waals surface area (Å²) in [6.07, 6.45) is 18.0. The molecule has 0 bridgehead atoms. The normalized spacial score (nSPS) is 45.5. The van der Waals surface area contributed by atoms with Crippen LogP contribution >= 0.6 is 0 Å². The largest absolute Gasteiger partial charge is 0.468 e. The summed E-state index contributed by atoms with van der Waals surface area (Å²) in [6, 6.07) is 0. The molecule has 0 aromatic carbocycles. The van der Waals surface area contributed by atoms with E-state index in [1.165, 1.54) is 50.5 Å². The van der Waals surface area contributed by atoms with Crippen LogP contribution in [0.4, 0.5) is 0 Å². The lowest BCUT2D eigenvalue weighted by Crippen LogP contribution is -2.62. The van der Waals surface area contributed by atoms with Crippen LogP contribution in [0.3, 0.4) is 0 Å². The first-order valence-electron chi connectivity index (χ1n) is 13.5. The smallest absolute Gasteiger partial charge is 0.315 e. The molecule has 4 rings (SSSR count). The first-order valence-corrected chi connectivity index (χ1v) is 13.5. The van der Waals surface area contributed by atoms with Gasteiger partial charge in [0.15, 0.2) is 0 Å². The molecule has 7 atom stereocenters. The molecule has 33 heavy (non-hydrogen) atoms. The van der Waals surface area contributed by atoms with Gasteiger partial charge in [0.2, 0.25) is 0 Å². The Hall–Kier alpha value is -1.31. The fourth-order valence-corrected chi connectivity index (χ4v) is 9.51. The Labute approximate surface area is 203 Å². The SMILES string of the molecule is COC(=O)[C@@]1(C)C=CC[C@]2(C)C3CCC4C(=C(C)CCC=C(C)C)CC[C@]4(C)[C@@]3(C)CCC21. The number of hydrogen-bond donors (Lipinski definition) is 0. The fraction of sp³-hybridized carbons (Fsp3) is 0.774. The topological polar surface area (TPSA) is 26.3 Å². The molecule has 0 aromatic rings. The maximum Gasteiger partial charge on any atom is 0.315 e. The van der Waals surface area contributed by atoms with Crippen LogP contribution in [0.2, 0.25) is 0 Å². The number of esters is 1. The van der Waals surface area contributed by atoms with Crippen molar-refractivity contribution < 1.29 is 9.53 Å². The number of fused-ring (bicyclic) bond motifs is 5. The van der Waals surface area contributed by atoms with Gasteiger partial charge in [-0.3, -0.25) is 4.79 Å². The zero-order chi connectivity index (χ0) is 24.2. The van der Waals surface area contributed by atoms with Crippen LogP contribution in [0.1, 0.15) is 106 Å². The van der Waals surface area contributed by atoms with Crippen LogP contribution in [-0.4, -0.2) is 13.1 Å². The van der Waals surface area contributed by atoms with E-state index in [4.69, 9.17) is 4.74 Å². The van der Waals surface area contributed by atoms with Crippen molar-refractivity contribution in [1.29, 1.82) is 0 Å². The molecule has 0 N–H and O–H groups in total. The Morgan fingerprint density at radius 1 is 1.03 bits per heavy atom. The highest BCUT2D eigenvalue weighted by molar-refractivity contribution is 5.79. The van der Waals surface area contributed by atoms with Gasteiger partial charge < -0.3 is 4.74 Å². The predicted octanol–water partition coefficient (Wildman–Crippen LogP) is 8.44. The van der Waals surface area contributed by atoms with Crippen molar-refractivity contribution >= 4 is 5.97 Å². The molecule has 0 aliphatic heterocycles. The van der Waals surface area contributed by atoms with E-state index < -0.39 is 5.41 Å². The Morgan fingerprint density at radius 2 is 1.76 bits per heavy atom. The van der Waals surface area contributed by atoms with E-state index >= 15 is 0 Å². The third-order valence-electron chi connectivity index (χ3n) is 11.5. The van der Waals surface area contributed by atoms with Crippen LogP contribution in [-0.2, 0) is 9.53 Å². The monoisotopic (exact) mass is 452 g/mol. The molecule has 3 unspecified atom stereocenters. The van der Waals surface area contributed by atoms with E-state index in [-0.39, 0.29) is 11.4 Å². The maximum atomic E-state index is 12.9. The van der Waals surface area contributed by atoms with Crippen molar-refractivity contribution in [3.63, 3.8) is 0 Å². The molecule has 2 nitrogen and oxygen atoms in total. The van der Waals surface area contributed by atoms with Gasteiger partial charge in [-0.25, -0.2) is 0 Å². The van der Waals surface area contributed by atoms with Crippen LogP contribution in [0, 0.1) is 39.4 Å². The highest BCUT2D eigenvalue weighted by Gasteiger charge is 2.68. The van der Waals surface area contributed by atoms with Gasteiger partial charge >= 0.3 is 5.97 Å². The number of carbonyl (C=O) groups excluding carboxylic acids is 1. The first-order chi connectivity index (χ1) is 15.4. The van der Waals surface area contributed by atoms with E-state index in [0.717, 1.165) is 18.8 Å². The number of ether oxygens (including phenoxy) is 1. The van der Waals surface area contributed by atoms with Gasteiger partial charge in [-0.05, 0) is 119 Å². The molecule has 184 valence electrons. The number of hydrogen-bond acceptors (Lipinski definition) is 2. The molecular formula is C31H48O2. The van der Waals surface area contributed by atoms with E-state index in [2.05, 4.69) is 66.7 Å². The van der Waals surface area contributed by atoms with Crippen LogP contribution < -0.4 is 0 Å².